The number of urea groups is 1. The van der Waals surface area contributed by atoms with Gasteiger partial charge in [-0.05, 0) is 12.5 Å². The molecule has 0 atom stereocenters. The minimum Gasteiger partial charge on any atom is -0.504 e. The molecule has 2 aliphatic rings. The maximum Gasteiger partial charge on any atom is 0.320 e. The molecule has 3 heterocycles. The van der Waals surface area contributed by atoms with Gasteiger partial charge in [-0.15, -0.1) is 0 Å². The van der Waals surface area contributed by atoms with Gasteiger partial charge in [0.1, 0.15) is 5.82 Å². The first-order valence-corrected chi connectivity index (χ1v) is 9.90. The number of pyridine rings is 1. The van der Waals surface area contributed by atoms with E-state index in [1.165, 1.54) is 7.11 Å². The number of rotatable bonds is 2. The van der Waals surface area contributed by atoms with Gasteiger partial charge in [0.2, 0.25) is 0 Å². The Morgan fingerprint density at radius 1 is 1.10 bits per heavy atom. The molecule has 29 heavy (non-hydrogen) atoms. The molecule has 2 saturated heterocycles. The Hall–Kier alpha value is -2.94. The Labute approximate surface area is 169 Å². The van der Waals surface area contributed by atoms with E-state index in [-0.39, 0.29) is 11.8 Å². The summed E-state index contributed by atoms with van der Waals surface area (Å²) in [5.74, 6) is 1.16. The number of nitrogen functional groups attached to an aromatic ring is 1. The smallest absolute Gasteiger partial charge is 0.320 e. The van der Waals surface area contributed by atoms with Gasteiger partial charge in [-0.25, -0.2) is 9.78 Å². The molecule has 9 heteroatoms. The van der Waals surface area contributed by atoms with Gasteiger partial charge in [-0.2, -0.15) is 0 Å². The van der Waals surface area contributed by atoms with Gasteiger partial charge in [0.15, 0.2) is 11.5 Å². The van der Waals surface area contributed by atoms with Crippen LogP contribution in [0, 0.1) is 0 Å². The number of carbonyl (C=O) groups is 1. The summed E-state index contributed by atoms with van der Waals surface area (Å²) >= 11 is 0. The summed E-state index contributed by atoms with van der Waals surface area (Å²) in [6.07, 6.45) is 0.856. The van der Waals surface area contributed by atoms with Crippen molar-refractivity contribution in [2.45, 2.75) is 6.42 Å². The van der Waals surface area contributed by atoms with Crippen LogP contribution in [-0.4, -0.2) is 85.5 Å². The minimum absolute atomic E-state index is 0.0355. The van der Waals surface area contributed by atoms with Gasteiger partial charge >= 0.3 is 6.03 Å². The predicted molar refractivity (Wildman–Crippen MR) is 111 cm³/mol. The first-order valence-electron chi connectivity index (χ1n) is 9.90. The summed E-state index contributed by atoms with van der Waals surface area (Å²) < 4.78 is 10.5. The number of methoxy groups -OCH3 is 1. The van der Waals surface area contributed by atoms with E-state index < -0.39 is 0 Å². The lowest BCUT2D eigenvalue weighted by Crippen LogP contribution is -2.49. The molecule has 0 unspecified atom stereocenters. The largest absolute Gasteiger partial charge is 0.504 e. The third kappa shape index (κ3) is 3.95. The zero-order chi connectivity index (χ0) is 20.4. The number of aromatic nitrogens is 1. The lowest BCUT2D eigenvalue weighted by molar-refractivity contribution is 0.0438. The monoisotopic (exact) mass is 401 g/mol. The number of amides is 2. The number of phenolic OH excluding ortho intramolecular Hbond substituents is 1. The second-order valence-corrected chi connectivity index (χ2v) is 7.32. The summed E-state index contributed by atoms with van der Waals surface area (Å²) in [6, 6.07) is 5.18. The third-order valence-electron chi connectivity index (χ3n) is 5.50. The second-order valence-electron chi connectivity index (χ2n) is 7.32. The molecule has 1 aromatic carbocycles. The summed E-state index contributed by atoms with van der Waals surface area (Å²) in [6.45, 7) is 5.33. The Morgan fingerprint density at radius 2 is 1.86 bits per heavy atom. The van der Waals surface area contributed by atoms with Crippen LogP contribution in [-0.2, 0) is 4.74 Å². The Morgan fingerprint density at radius 3 is 2.62 bits per heavy atom. The highest BCUT2D eigenvalue weighted by molar-refractivity contribution is 5.94. The number of anilines is 2. The fourth-order valence-electron chi connectivity index (χ4n) is 3.87. The highest BCUT2D eigenvalue weighted by Crippen LogP contribution is 2.34. The van der Waals surface area contributed by atoms with Crippen LogP contribution < -0.4 is 15.4 Å². The normalized spacial score (nSPS) is 18.0. The number of ether oxygens (including phenoxy) is 2. The Bertz CT molecular complexity index is 900. The highest BCUT2D eigenvalue weighted by atomic mass is 16.5. The fraction of sp³-hybridized carbons (Fsp3) is 0.500. The van der Waals surface area contributed by atoms with Gasteiger partial charge in [0.05, 0.1) is 25.8 Å². The highest BCUT2D eigenvalue weighted by Gasteiger charge is 2.25. The van der Waals surface area contributed by atoms with Crippen molar-refractivity contribution >= 4 is 28.4 Å². The number of hydrogen-bond donors (Lipinski definition) is 2. The van der Waals surface area contributed by atoms with E-state index in [1.807, 2.05) is 15.9 Å². The molecule has 1 aromatic heterocycles. The first-order chi connectivity index (χ1) is 14.1. The number of morpholine rings is 1. The summed E-state index contributed by atoms with van der Waals surface area (Å²) in [4.78, 5) is 23.5. The van der Waals surface area contributed by atoms with Crippen molar-refractivity contribution in [2.75, 3.05) is 70.2 Å². The van der Waals surface area contributed by atoms with Gasteiger partial charge in [0, 0.05) is 62.5 Å². The first kappa shape index (κ1) is 19.4. The molecule has 9 nitrogen and oxygen atoms in total. The molecule has 0 spiro atoms. The van der Waals surface area contributed by atoms with Crippen LogP contribution in [0.4, 0.5) is 16.3 Å². The zero-order valence-electron chi connectivity index (χ0n) is 16.6. The molecule has 0 radical (unpaired) electrons. The number of phenols is 1. The van der Waals surface area contributed by atoms with Crippen LogP contribution in [0.15, 0.2) is 18.2 Å². The number of aromatic hydroxyl groups is 1. The number of nitrogens with zero attached hydrogens (tertiary/aromatic N) is 4. The van der Waals surface area contributed by atoms with Gasteiger partial charge in [0.25, 0.3) is 0 Å². The van der Waals surface area contributed by atoms with Crippen molar-refractivity contribution in [1.82, 2.24) is 14.8 Å². The predicted octanol–water partition coefficient (Wildman–Crippen LogP) is 1.50. The average Bonchev–Trinajstić information content (AvgIpc) is 3.00. The molecule has 156 valence electrons. The van der Waals surface area contributed by atoms with Gasteiger partial charge in [-0.3, -0.25) is 0 Å². The summed E-state index contributed by atoms with van der Waals surface area (Å²) in [5.41, 5.74) is 7.45. The average molecular weight is 401 g/mol. The number of nitrogens with two attached hydrogens (primary N) is 1. The quantitative estimate of drug-likeness (QED) is 0.786. The number of hydrogen-bond acceptors (Lipinski definition) is 7. The molecule has 0 bridgehead atoms. The standard InChI is InChI=1S/C20H27N5O4/c1-28-18-13-16-14(11-17(18)26)15(21)12-19(22-16)23-3-2-4-24(6-5-23)20(27)25-7-9-29-10-8-25/h11-13,26H,2-10H2,1H3,(H2,21,22). The van der Waals surface area contributed by atoms with Crippen LogP contribution >= 0.6 is 0 Å². The van der Waals surface area contributed by atoms with E-state index in [4.69, 9.17) is 20.2 Å². The van der Waals surface area contributed by atoms with E-state index in [0.717, 1.165) is 25.3 Å². The summed E-state index contributed by atoms with van der Waals surface area (Å²) in [7, 11) is 1.50. The van der Waals surface area contributed by atoms with Crippen molar-refractivity contribution in [2.24, 2.45) is 0 Å². The van der Waals surface area contributed by atoms with Crippen LogP contribution in [0.1, 0.15) is 6.42 Å². The summed E-state index contributed by atoms with van der Waals surface area (Å²) in [5, 5.41) is 10.7. The van der Waals surface area contributed by atoms with Crippen LogP contribution in [0.3, 0.4) is 0 Å². The lowest BCUT2D eigenvalue weighted by atomic mass is 10.1. The minimum atomic E-state index is 0.0355. The molecular formula is C20H27N5O4. The maximum atomic E-state index is 12.8. The maximum absolute atomic E-state index is 12.8. The van der Waals surface area contributed by atoms with E-state index in [9.17, 15) is 9.90 Å². The van der Waals surface area contributed by atoms with Crippen molar-refractivity contribution in [1.29, 1.82) is 0 Å². The third-order valence-corrected chi connectivity index (χ3v) is 5.50. The van der Waals surface area contributed by atoms with Crippen molar-refractivity contribution in [3.63, 3.8) is 0 Å². The van der Waals surface area contributed by atoms with E-state index in [2.05, 4.69) is 4.90 Å². The van der Waals surface area contributed by atoms with E-state index >= 15 is 0 Å². The lowest BCUT2D eigenvalue weighted by Gasteiger charge is -2.32. The van der Waals surface area contributed by atoms with Crippen LogP contribution in [0.25, 0.3) is 10.9 Å². The van der Waals surface area contributed by atoms with Gasteiger partial charge in [-0.1, -0.05) is 0 Å². The fourth-order valence-corrected chi connectivity index (χ4v) is 3.87. The Kier molecular flexibility index (Phi) is 5.48. The van der Waals surface area contributed by atoms with Crippen molar-refractivity contribution in [3.8, 4) is 11.5 Å². The molecule has 0 aliphatic carbocycles. The van der Waals surface area contributed by atoms with Gasteiger partial charge < -0.3 is 35.0 Å². The molecule has 2 aromatic rings. The molecule has 2 fully saturated rings. The molecule has 3 N–H and O–H groups in total. The zero-order valence-corrected chi connectivity index (χ0v) is 16.6. The second kappa shape index (κ2) is 8.20. The van der Waals surface area contributed by atoms with Crippen molar-refractivity contribution < 1.29 is 19.4 Å². The number of carbonyl (C=O) groups excluding carboxylic acids is 1. The van der Waals surface area contributed by atoms with E-state index in [0.29, 0.717) is 61.7 Å². The van der Waals surface area contributed by atoms with Crippen molar-refractivity contribution in [3.05, 3.63) is 18.2 Å². The SMILES string of the molecule is COc1cc2nc(N3CCCN(C(=O)N4CCOCC4)CC3)cc(N)c2cc1O. The number of fused-ring (bicyclic) bond motifs is 1. The van der Waals surface area contributed by atoms with Crippen LogP contribution in [0.2, 0.25) is 0 Å². The molecular weight excluding hydrogens is 374 g/mol. The molecule has 2 amide bonds. The Balaban J connectivity index is 1.52. The van der Waals surface area contributed by atoms with E-state index in [1.54, 1.807) is 12.1 Å². The number of benzene rings is 1. The topological polar surface area (TPSA) is 104 Å². The van der Waals surface area contributed by atoms with Crippen LogP contribution in [0.5, 0.6) is 11.5 Å². The molecule has 4 rings (SSSR count). The molecule has 2 aliphatic heterocycles. The molecule has 0 saturated carbocycles.